The number of urea groups is 1. The highest BCUT2D eigenvalue weighted by Crippen LogP contribution is 2.07. The average Bonchev–Trinajstić information content (AvgIpc) is 2.34. The molecular formula is C11H20N2O5. The van der Waals surface area contributed by atoms with Crippen molar-refractivity contribution in [3.05, 3.63) is 0 Å². The Labute approximate surface area is 106 Å². The van der Waals surface area contributed by atoms with Crippen molar-refractivity contribution < 1.29 is 24.2 Å². The second kappa shape index (κ2) is 8.32. The molecule has 0 radical (unpaired) electrons. The molecule has 0 aliphatic heterocycles. The van der Waals surface area contributed by atoms with Crippen LogP contribution in [-0.2, 0) is 14.3 Å². The Morgan fingerprint density at radius 1 is 1.33 bits per heavy atom. The molecule has 0 aromatic heterocycles. The number of rotatable bonds is 7. The van der Waals surface area contributed by atoms with Crippen molar-refractivity contribution in [3.63, 3.8) is 0 Å². The number of hydrogen-bond acceptors (Lipinski definition) is 4. The molecule has 2 atom stereocenters. The van der Waals surface area contributed by atoms with E-state index in [4.69, 9.17) is 5.11 Å². The summed E-state index contributed by atoms with van der Waals surface area (Å²) in [5.41, 5.74) is 0. The number of ether oxygens (including phenoxy) is 1. The molecule has 7 nitrogen and oxygen atoms in total. The van der Waals surface area contributed by atoms with E-state index < -0.39 is 24.0 Å². The van der Waals surface area contributed by atoms with Crippen LogP contribution in [-0.4, -0.2) is 42.8 Å². The number of carbonyl (C=O) groups is 3. The summed E-state index contributed by atoms with van der Waals surface area (Å²) in [5, 5.41) is 13.7. The van der Waals surface area contributed by atoms with Gasteiger partial charge < -0.3 is 20.5 Å². The van der Waals surface area contributed by atoms with Crippen LogP contribution in [0, 0.1) is 5.92 Å². The van der Waals surface area contributed by atoms with E-state index in [0.29, 0.717) is 6.42 Å². The number of hydrogen-bond donors (Lipinski definition) is 3. The zero-order valence-electron chi connectivity index (χ0n) is 10.9. The fraction of sp³-hybridized carbons (Fsp3) is 0.727. The lowest BCUT2D eigenvalue weighted by molar-refractivity contribution is -0.141. The Kier molecular flexibility index (Phi) is 7.50. The predicted molar refractivity (Wildman–Crippen MR) is 64.0 cm³/mol. The number of methoxy groups -OCH3 is 1. The van der Waals surface area contributed by atoms with E-state index >= 15 is 0 Å². The van der Waals surface area contributed by atoms with Crippen LogP contribution in [0.4, 0.5) is 4.79 Å². The monoisotopic (exact) mass is 260 g/mol. The maximum absolute atomic E-state index is 11.4. The summed E-state index contributed by atoms with van der Waals surface area (Å²) in [5.74, 6) is -1.69. The highest BCUT2D eigenvalue weighted by atomic mass is 16.5. The van der Waals surface area contributed by atoms with Crippen molar-refractivity contribution in [1.82, 2.24) is 10.6 Å². The third-order valence-corrected chi connectivity index (χ3v) is 2.61. The van der Waals surface area contributed by atoms with E-state index in [-0.39, 0.29) is 18.9 Å². The molecule has 0 saturated heterocycles. The number of carboxylic acid groups (broad SMARTS) is 1. The Balaban J connectivity index is 4.11. The van der Waals surface area contributed by atoms with E-state index in [9.17, 15) is 14.4 Å². The smallest absolute Gasteiger partial charge is 0.326 e. The first-order chi connectivity index (χ1) is 8.42. The molecule has 18 heavy (non-hydrogen) atoms. The number of carboxylic acids is 1. The SMILES string of the molecule is CC[C@H](C)[C@H](NC(=O)NCCC(=O)OC)C(=O)O. The van der Waals surface area contributed by atoms with Gasteiger partial charge in [-0.15, -0.1) is 0 Å². The molecule has 0 unspecified atom stereocenters. The van der Waals surface area contributed by atoms with Crippen LogP contribution in [0.5, 0.6) is 0 Å². The Hall–Kier alpha value is -1.79. The van der Waals surface area contributed by atoms with Crippen LogP contribution in [0.3, 0.4) is 0 Å². The van der Waals surface area contributed by atoms with Crippen molar-refractivity contribution in [3.8, 4) is 0 Å². The van der Waals surface area contributed by atoms with Crippen LogP contribution >= 0.6 is 0 Å². The first-order valence-electron chi connectivity index (χ1n) is 5.76. The summed E-state index contributed by atoms with van der Waals surface area (Å²) in [6.07, 6.45) is 0.685. The molecule has 3 N–H and O–H groups in total. The fourth-order valence-electron chi connectivity index (χ4n) is 1.26. The van der Waals surface area contributed by atoms with Gasteiger partial charge in [0.2, 0.25) is 0 Å². The van der Waals surface area contributed by atoms with Crippen LogP contribution in [0.1, 0.15) is 26.7 Å². The molecule has 2 amide bonds. The normalized spacial score (nSPS) is 13.3. The third-order valence-electron chi connectivity index (χ3n) is 2.61. The van der Waals surface area contributed by atoms with Gasteiger partial charge in [-0.3, -0.25) is 4.79 Å². The molecule has 0 bridgehead atoms. The minimum Gasteiger partial charge on any atom is -0.480 e. The molecular weight excluding hydrogens is 240 g/mol. The lowest BCUT2D eigenvalue weighted by Gasteiger charge is -2.20. The van der Waals surface area contributed by atoms with Gasteiger partial charge in [-0.2, -0.15) is 0 Å². The van der Waals surface area contributed by atoms with Gasteiger partial charge in [-0.25, -0.2) is 9.59 Å². The van der Waals surface area contributed by atoms with Crippen LogP contribution in [0.25, 0.3) is 0 Å². The molecule has 0 fully saturated rings. The zero-order chi connectivity index (χ0) is 14.1. The number of carbonyl (C=O) groups excluding carboxylic acids is 2. The molecule has 0 aromatic rings. The Bertz CT molecular complexity index is 306. The quantitative estimate of drug-likeness (QED) is 0.573. The third kappa shape index (κ3) is 6.07. The highest BCUT2D eigenvalue weighted by molar-refractivity contribution is 5.83. The lowest BCUT2D eigenvalue weighted by atomic mass is 9.99. The Morgan fingerprint density at radius 2 is 1.94 bits per heavy atom. The van der Waals surface area contributed by atoms with Crippen molar-refractivity contribution in [2.75, 3.05) is 13.7 Å². The second-order valence-corrected chi connectivity index (χ2v) is 3.93. The van der Waals surface area contributed by atoms with Crippen molar-refractivity contribution in [2.24, 2.45) is 5.92 Å². The summed E-state index contributed by atoms with van der Waals surface area (Å²) in [4.78, 5) is 33.1. The molecule has 0 rings (SSSR count). The number of aliphatic carboxylic acids is 1. The summed E-state index contributed by atoms with van der Waals surface area (Å²) in [6.45, 7) is 3.69. The van der Waals surface area contributed by atoms with Gasteiger partial charge in [0.05, 0.1) is 13.5 Å². The van der Waals surface area contributed by atoms with E-state index in [1.54, 1.807) is 6.92 Å². The highest BCUT2D eigenvalue weighted by Gasteiger charge is 2.25. The van der Waals surface area contributed by atoms with Gasteiger partial charge in [0.1, 0.15) is 6.04 Å². The molecule has 0 spiro atoms. The van der Waals surface area contributed by atoms with E-state index in [2.05, 4.69) is 15.4 Å². The van der Waals surface area contributed by atoms with Gasteiger partial charge in [0, 0.05) is 6.54 Å². The van der Waals surface area contributed by atoms with E-state index in [0.717, 1.165) is 0 Å². The van der Waals surface area contributed by atoms with Crippen LogP contribution in [0.15, 0.2) is 0 Å². The van der Waals surface area contributed by atoms with Crippen molar-refractivity contribution in [2.45, 2.75) is 32.7 Å². The van der Waals surface area contributed by atoms with Gasteiger partial charge in [0.15, 0.2) is 0 Å². The van der Waals surface area contributed by atoms with Crippen molar-refractivity contribution >= 4 is 18.0 Å². The second-order valence-electron chi connectivity index (χ2n) is 3.93. The number of amides is 2. The zero-order valence-corrected chi connectivity index (χ0v) is 10.9. The average molecular weight is 260 g/mol. The van der Waals surface area contributed by atoms with Crippen molar-refractivity contribution in [1.29, 1.82) is 0 Å². The van der Waals surface area contributed by atoms with E-state index in [1.807, 2.05) is 6.92 Å². The van der Waals surface area contributed by atoms with Gasteiger partial charge >= 0.3 is 18.0 Å². The summed E-state index contributed by atoms with van der Waals surface area (Å²) in [6, 6.07) is -1.54. The van der Waals surface area contributed by atoms with Gasteiger partial charge in [-0.05, 0) is 5.92 Å². The molecule has 0 heterocycles. The summed E-state index contributed by atoms with van der Waals surface area (Å²) in [7, 11) is 1.26. The van der Waals surface area contributed by atoms with Gasteiger partial charge in [-0.1, -0.05) is 20.3 Å². The molecule has 0 aromatic carbocycles. The maximum atomic E-state index is 11.4. The van der Waals surface area contributed by atoms with Crippen LogP contribution in [0.2, 0.25) is 0 Å². The minimum absolute atomic E-state index is 0.0466. The molecule has 0 saturated carbocycles. The maximum Gasteiger partial charge on any atom is 0.326 e. The predicted octanol–water partition coefficient (Wildman–Crippen LogP) is 0.348. The standard InChI is InChI=1S/C11H20N2O5/c1-4-7(2)9(10(15)16)13-11(17)12-6-5-8(14)18-3/h7,9H,4-6H2,1-3H3,(H,15,16)(H2,12,13,17)/t7-,9-/m0/s1. The van der Waals surface area contributed by atoms with E-state index in [1.165, 1.54) is 7.11 Å². The first kappa shape index (κ1) is 16.2. The number of nitrogens with one attached hydrogen (secondary N) is 2. The van der Waals surface area contributed by atoms with Gasteiger partial charge in [0.25, 0.3) is 0 Å². The molecule has 0 aliphatic carbocycles. The lowest BCUT2D eigenvalue weighted by Crippen LogP contribution is -2.49. The molecule has 104 valence electrons. The molecule has 0 aliphatic rings. The topological polar surface area (TPSA) is 105 Å². The summed E-state index contributed by atoms with van der Waals surface area (Å²) >= 11 is 0. The minimum atomic E-state index is -1.08. The number of esters is 1. The first-order valence-corrected chi connectivity index (χ1v) is 5.76. The molecule has 7 heteroatoms. The fourth-order valence-corrected chi connectivity index (χ4v) is 1.26. The van der Waals surface area contributed by atoms with Crippen LogP contribution < -0.4 is 10.6 Å². The summed E-state index contributed by atoms with van der Waals surface area (Å²) < 4.78 is 4.40. The Morgan fingerprint density at radius 3 is 2.39 bits per heavy atom. The largest absolute Gasteiger partial charge is 0.480 e.